The predicted molar refractivity (Wildman–Crippen MR) is 66.5 cm³/mol. The smallest absolute Gasteiger partial charge is 0.126 e. The van der Waals surface area contributed by atoms with Crippen molar-refractivity contribution in [1.82, 2.24) is 5.32 Å². The summed E-state index contributed by atoms with van der Waals surface area (Å²) in [7, 11) is 1.84. The zero-order valence-corrected chi connectivity index (χ0v) is 10.6. The van der Waals surface area contributed by atoms with Crippen molar-refractivity contribution in [3.8, 4) is 0 Å². The summed E-state index contributed by atoms with van der Waals surface area (Å²) in [5.74, 6) is -0.734. The average molecular weight is 255 g/mol. The van der Waals surface area contributed by atoms with Crippen molar-refractivity contribution in [2.24, 2.45) is 0 Å². The number of nitrogens with one attached hydrogen (secondary N) is 1. The van der Waals surface area contributed by atoms with Crippen LogP contribution < -0.4 is 5.32 Å². The summed E-state index contributed by atoms with van der Waals surface area (Å²) in [6.45, 7) is 0.815. The summed E-state index contributed by atoms with van der Waals surface area (Å²) < 4.78 is 32.2. The van der Waals surface area contributed by atoms with E-state index < -0.39 is 5.82 Å². The van der Waals surface area contributed by atoms with Crippen LogP contribution in [0, 0.1) is 11.6 Å². The fourth-order valence-corrected chi connectivity index (χ4v) is 2.42. The molecule has 2 rings (SSSR count). The van der Waals surface area contributed by atoms with Crippen LogP contribution in [0.3, 0.4) is 0 Å². The molecule has 0 aromatic heterocycles. The van der Waals surface area contributed by atoms with Crippen LogP contribution in [-0.2, 0) is 11.2 Å². The number of halogens is 2. The molecule has 1 aliphatic rings. The molecule has 1 N–H and O–H groups in total. The summed E-state index contributed by atoms with van der Waals surface area (Å²) in [4.78, 5) is 0. The lowest BCUT2D eigenvalue weighted by Gasteiger charge is -2.20. The molecule has 18 heavy (non-hydrogen) atoms. The van der Waals surface area contributed by atoms with Crippen LogP contribution >= 0.6 is 0 Å². The molecule has 1 aliphatic heterocycles. The van der Waals surface area contributed by atoms with E-state index in [0.717, 1.165) is 31.9 Å². The molecule has 2 nitrogen and oxygen atoms in total. The van der Waals surface area contributed by atoms with Crippen LogP contribution in [0.15, 0.2) is 18.2 Å². The molecular formula is C14H19F2NO. The number of hydrogen-bond acceptors (Lipinski definition) is 2. The summed E-state index contributed by atoms with van der Waals surface area (Å²) in [5, 5.41) is 3.15. The lowest BCUT2D eigenvalue weighted by molar-refractivity contribution is 0.0953. The van der Waals surface area contributed by atoms with Gasteiger partial charge in [0.15, 0.2) is 0 Å². The van der Waals surface area contributed by atoms with Crippen molar-refractivity contribution < 1.29 is 13.5 Å². The molecule has 1 saturated heterocycles. The summed E-state index contributed by atoms with van der Waals surface area (Å²) in [6, 6.07) is 3.72. The van der Waals surface area contributed by atoms with E-state index in [4.69, 9.17) is 4.74 Å². The maximum Gasteiger partial charge on any atom is 0.126 e. The van der Waals surface area contributed by atoms with Gasteiger partial charge in [0.2, 0.25) is 0 Å². The molecule has 1 fully saturated rings. The van der Waals surface area contributed by atoms with Gasteiger partial charge in [0.25, 0.3) is 0 Å². The van der Waals surface area contributed by atoms with Gasteiger partial charge in [0, 0.05) is 12.6 Å². The first-order valence-electron chi connectivity index (χ1n) is 6.42. The van der Waals surface area contributed by atoms with E-state index in [1.165, 1.54) is 12.1 Å². The van der Waals surface area contributed by atoms with Crippen molar-refractivity contribution >= 4 is 0 Å². The Bertz CT molecular complexity index is 391. The summed E-state index contributed by atoms with van der Waals surface area (Å²) in [6.07, 6.45) is 3.73. The standard InChI is InChI=1S/C14H19F2NO/c1-17-12(9-13-3-2-6-18-13)8-10-7-11(15)4-5-14(10)16/h4-5,7,12-13,17H,2-3,6,8-9H2,1H3. The number of likely N-dealkylation sites (N-methyl/N-ethyl adjacent to an activating group) is 1. The van der Waals surface area contributed by atoms with Gasteiger partial charge in [-0.05, 0) is 56.5 Å². The van der Waals surface area contributed by atoms with E-state index in [9.17, 15) is 8.78 Å². The molecule has 2 unspecified atom stereocenters. The first-order chi connectivity index (χ1) is 8.69. The predicted octanol–water partition coefficient (Wildman–Crippen LogP) is 2.66. The van der Waals surface area contributed by atoms with Crippen LogP contribution in [0.1, 0.15) is 24.8 Å². The fourth-order valence-electron chi connectivity index (χ4n) is 2.42. The highest BCUT2D eigenvalue weighted by molar-refractivity contribution is 5.19. The number of benzene rings is 1. The van der Waals surface area contributed by atoms with Crippen LogP contribution in [0.4, 0.5) is 8.78 Å². The number of hydrogen-bond donors (Lipinski definition) is 1. The third-order valence-corrected chi connectivity index (χ3v) is 3.45. The van der Waals surface area contributed by atoms with Crippen LogP contribution in [-0.4, -0.2) is 25.8 Å². The Kier molecular flexibility index (Phi) is 4.66. The van der Waals surface area contributed by atoms with Gasteiger partial charge in [-0.1, -0.05) is 0 Å². The molecule has 1 aromatic carbocycles. The molecule has 0 amide bonds. The highest BCUT2D eigenvalue weighted by atomic mass is 19.1. The van der Waals surface area contributed by atoms with Gasteiger partial charge in [-0.3, -0.25) is 0 Å². The van der Waals surface area contributed by atoms with Crippen LogP contribution in [0.5, 0.6) is 0 Å². The van der Waals surface area contributed by atoms with Crippen molar-refractivity contribution in [3.05, 3.63) is 35.4 Å². The zero-order chi connectivity index (χ0) is 13.0. The van der Waals surface area contributed by atoms with Gasteiger partial charge in [-0.15, -0.1) is 0 Å². The third-order valence-electron chi connectivity index (χ3n) is 3.45. The first-order valence-corrected chi connectivity index (χ1v) is 6.42. The van der Waals surface area contributed by atoms with E-state index in [1.807, 2.05) is 7.05 Å². The van der Waals surface area contributed by atoms with Crippen LogP contribution in [0.2, 0.25) is 0 Å². The molecule has 100 valence electrons. The zero-order valence-electron chi connectivity index (χ0n) is 10.6. The Morgan fingerprint density at radius 3 is 2.94 bits per heavy atom. The van der Waals surface area contributed by atoms with Crippen molar-refractivity contribution in [3.63, 3.8) is 0 Å². The van der Waals surface area contributed by atoms with Crippen molar-refractivity contribution in [1.29, 1.82) is 0 Å². The minimum absolute atomic E-state index is 0.115. The second kappa shape index (κ2) is 6.25. The summed E-state index contributed by atoms with van der Waals surface area (Å²) in [5.41, 5.74) is 0.423. The molecular weight excluding hydrogens is 236 g/mol. The Labute approximate surface area is 106 Å². The van der Waals surface area contributed by atoms with Gasteiger partial charge in [-0.25, -0.2) is 8.78 Å². The minimum atomic E-state index is -0.390. The Balaban J connectivity index is 1.98. The molecule has 0 bridgehead atoms. The van der Waals surface area contributed by atoms with Gasteiger partial charge >= 0.3 is 0 Å². The molecule has 1 heterocycles. The average Bonchev–Trinajstić information content (AvgIpc) is 2.85. The Morgan fingerprint density at radius 1 is 1.44 bits per heavy atom. The van der Waals surface area contributed by atoms with Gasteiger partial charge in [-0.2, -0.15) is 0 Å². The highest BCUT2D eigenvalue weighted by Crippen LogP contribution is 2.20. The molecule has 0 aliphatic carbocycles. The summed E-state index contributed by atoms with van der Waals surface area (Å²) >= 11 is 0. The molecule has 2 atom stereocenters. The maximum absolute atomic E-state index is 13.6. The first kappa shape index (κ1) is 13.4. The van der Waals surface area contributed by atoms with E-state index in [0.29, 0.717) is 12.0 Å². The normalized spacial score (nSPS) is 21.2. The van der Waals surface area contributed by atoms with E-state index in [-0.39, 0.29) is 18.0 Å². The van der Waals surface area contributed by atoms with Crippen LogP contribution in [0.25, 0.3) is 0 Å². The topological polar surface area (TPSA) is 21.3 Å². The largest absolute Gasteiger partial charge is 0.378 e. The second-order valence-electron chi connectivity index (χ2n) is 4.80. The number of rotatable bonds is 5. The molecule has 0 radical (unpaired) electrons. The Morgan fingerprint density at radius 2 is 2.28 bits per heavy atom. The monoisotopic (exact) mass is 255 g/mol. The molecule has 0 spiro atoms. The fraction of sp³-hybridized carbons (Fsp3) is 0.571. The minimum Gasteiger partial charge on any atom is -0.378 e. The maximum atomic E-state index is 13.6. The van der Waals surface area contributed by atoms with Gasteiger partial charge in [0.1, 0.15) is 11.6 Å². The lowest BCUT2D eigenvalue weighted by atomic mass is 9.99. The van der Waals surface area contributed by atoms with Gasteiger partial charge in [0.05, 0.1) is 6.10 Å². The molecule has 0 saturated carbocycles. The van der Waals surface area contributed by atoms with Crippen molar-refractivity contribution in [2.45, 2.75) is 37.8 Å². The van der Waals surface area contributed by atoms with Gasteiger partial charge < -0.3 is 10.1 Å². The lowest BCUT2D eigenvalue weighted by Crippen LogP contribution is -2.32. The highest BCUT2D eigenvalue weighted by Gasteiger charge is 2.21. The molecule has 1 aromatic rings. The van der Waals surface area contributed by atoms with Crippen molar-refractivity contribution in [2.75, 3.05) is 13.7 Å². The number of ether oxygens (including phenoxy) is 1. The Hall–Kier alpha value is -1.00. The van der Waals surface area contributed by atoms with E-state index in [1.54, 1.807) is 0 Å². The third kappa shape index (κ3) is 3.50. The van der Waals surface area contributed by atoms with E-state index in [2.05, 4.69) is 5.32 Å². The second-order valence-corrected chi connectivity index (χ2v) is 4.80. The molecule has 4 heteroatoms. The van der Waals surface area contributed by atoms with E-state index >= 15 is 0 Å². The SMILES string of the molecule is CNC(Cc1cc(F)ccc1F)CC1CCCO1. The quantitative estimate of drug-likeness (QED) is 0.873.